The molecule has 0 unspecified atom stereocenters. The highest BCUT2D eigenvalue weighted by atomic mass is 19.2. The van der Waals surface area contributed by atoms with E-state index in [9.17, 15) is 13.6 Å². The van der Waals surface area contributed by atoms with E-state index >= 15 is 0 Å². The average Bonchev–Trinajstić information content (AvgIpc) is 2.64. The SMILES string of the molecule is Nc1onc(C(=O)O)c1-c1ccc(F)c(F)c1. The van der Waals surface area contributed by atoms with E-state index < -0.39 is 23.3 Å². The second-order valence-corrected chi connectivity index (χ2v) is 3.20. The van der Waals surface area contributed by atoms with Crippen molar-refractivity contribution >= 4 is 11.9 Å². The van der Waals surface area contributed by atoms with Crippen LogP contribution in [0.4, 0.5) is 14.7 Å². The summed E-state index contributed by atoms with van der Waals surface area (Å²) in [6, 6.07) is 2.88. The van der Waals surface area contributed by atoms with Gasteiger partial charge >= 0.3 is 5.97 Å². The quantitative estimate of drug-likeness (QED) is 0.836. The first-order valence-electron chi connectivity index (χ1n) is 4.44. The van der Waals surface area contributed by atoms with E-state index in [4.69, 9.17) is 10.8 Å². The normalized spacial score (nSPS) is 10.5. The third-order valence-corrected chi connectivity index (χ3v) is 2.13. The van der Waals surface area contributed by atoms with Crippen molar-refractivity contribution in [1.82, 2.24) is 5.16 Å². The molecule has 1 aromatic heterocycles. The van der Waals surface area contributed by atoms with Crippen molar-refractivity contribution in [1.29, 1.82) is 0 Å². The lowest BCUT2D eigenvalue weighted by atomic mass is 10.1. The summed E-state index contributed by atoms with van der Waals surface area (Å²) in [4.78, 5) is 10.8. The lowest BCUT2D eigenvalue weighted by Gasteiger charge is -2.00. The topological polar surface area (TPSA) is 89.4 Å². The van der Waals surface area contributed by atoms with Gasteiger partial charge in [0.25, 0.3) is 0 Å². The van der Waals surface area contributed by atoms with Gasteiger partial charge in [0.05, 0.1) is 5.56 Å². The maximum Gasteiger partial charge on any atom is 0.358 e. The molecule has 0 aliphatic carbocycles. The standard InChI is InChI=1S/C10H6F2N2O3/c11-5-2-1-4(3-6(5)12)7-8(10(15)16)14-17-9(7)13/h1-3H,13H2,(H,15,16). The molecule has 0 aliphatic rings. The molecule has 0 radical (unpaired) electrons. The Bertz CT molecular complexity index is 595. The number of aromatic carboxylic acids is 1. The number of anilines is 1. The molecule has 2 rings (SSSR count). The third-order valence-electron chi connectivity index (χ3n) is 2.13. The number of aromatic nitrogens is 1. The first kappa shape index (κ1) is 11.1. The summed E-state index contributed by atoms with van der Waals surface area (Å²) in [6.07, 6.45) is 0. The van der Waals surface area contributed by atoms with E-state index in [1.807, 2.05) is 0 Å². The van der Waals surface area contributed by atoms with E-state index in [-0.39, 0.29) is 17.0 Å². The van der Waals surface area contributed by atoms with Crippen LogP contribution < -0.4 is 5.73 Å². The average molecular weight is 240 g/mol. The minimum atomic E-state index is -1.37. The lowest BCUT2D eigenvalue weighted by Crippen LogP contribution is -2.00. The highest BCUT2D eigenvalue weighted by Gasteiger charge is 2.22. The molecule has 7 heteroatoms. The van der Waals surface area contributed by atoms with Gasteiger partial charge in [0.1, 0.15) is 0 Å². The number of hydrogen-bond donors (Lipinski definition) is 2. The van der Waals surface area contributed by atoms with E-state index in [0.29, 0.717) is 0 Å². The Morgan fingerprint density at radius 2 is 2.06 bits per heavy atom. The van der Waals surface area contributed by atoms with Gasteiger partial charge in [0.2, 0.25) is 11.6 Å². The predicted molar refractivity (Wildman–Crippen MR) is 53.2 cm³/mol. The molecule has 0 bridgehead atoms. The monoisotopic (exact) mass is 240 g/mol. The van der Waals surface area contributed by atoms with Crippen molar-refractivity contribution in [2.24, 2.45) is 0 Å². The Labute approximate surface area is 93.4 Å². The fourth-order valence-electron chi connectivity index (χ4n) is 1.38. The molecular weight excluding hydrogens is 234 g/mol. The number of carboxylic acids is 1. The molecule has 5 nitrogen and oxygen atoms in total. The molecule has 0 amide bonds. The molecule has 88 valence electrons. The molecule has 0 saturated heterocycles. The van der Waals surface area contributed by atoms with Crippen molar-refractivity contribution in [2.45, 2.75) is 0 Å². The number of nitrogen functional groups attached to an aromatic ring is 1. The molecule has 0 fully saturated rings. The molecule has 2 aromatic rings. The first-order chi connectivity index (χ1) is 8.00. The maximum absolute atomic E-state index is 13.0. The minimum Gasteiger partial charge on any atom is -0.476 e. The summed E-state index contributed by atoms with van der Waals surface area (Å²) >= 11 is 0. The molecule has 3 N–H and O–H groups in total. The summed E-state index contributed by atoms with van der Waals surface area (Å²) in [5, 5.41) is 12.0. The smallest absolute Gasteiger partial charge is 0.358 e. The van der Waals surface area contributed by atoms with Crippen LogP contribution in [0.3, 0.4) is 0 Å². The van der Waals surface area contributed by atoms with Gasteiger partial charge in [-0.05, 0) is 17.7 Å². The van der Waals surface area contributed by atoms with Crippen molar-refractivity contribution < 1.29 is 23.2 Å². The number of carbonyl (C=O) groups is 1. The van der Waals surface area contributed by atoms with Crippen LogP contribution in [0, 0.1) is 11.6 Å². The Morgan fingerprint density at radius 3 is 2.65 bits per heavy atom. The Kier molecular flexibility index (Phi) is 2.51. The van der Waals surface area contributed by atoms with Crippen LogP contribution in [-0.4, -0.2) is 16.2 Å². The van der Waals surface area contributed by atoms with Gasteiger partial charge in [-0.15, -0.1) is 0 Å². The number of nitrogens with two attached hydrogens (primary N) is 1. The molecular formula is C10H6F2N2O3. The number of carboxylic acid groups (broad SMARTS) is 1. The first-order valence-corrected chi connectivity index (χ1v) is 4.44. The number of rotatable bonds is 2. The fraction of sp³-hybridized carbons (Fsp3) is 0. The summed E-state index contributed by atoms with van der Waals surface area (Å²) in [7, 11) is 0. The minimum absolute atomic E-state index is 0.0728. The van der Waals surface area contributed by atoms with Crippen LogP contribution in [0.5, 0.6) is 0 Å². The van der Waals surface area contributed by atoms with Crippen LogP contribution in [0.15, 0.2) is 22.7 Å². The third kappa shape index (κ3) is 1.82. The predicted octanol–water partition coefficient (Wildman–Crippen LogP) is 1.90. The molecule has 0 spiro atoms. The van der Waals surface area contributed by atoms with Gasteiger partial charge in [0.15, 0.2) is 11.6 Å². The maximum atomic E-state index is 13.0. The Morgan fingerprint density at radius 1 is 1.35 bits per heavy atom. The molecule has 1 heterocycles. The highest BCUT2D eigenvalue weighted by molar-refractivity contribution is 5.96. The zero-order chi connectivity index (χ0) is 12.6. The van der Waals surface area contributed by atoms with Crippen molar-refractivity contribution in [3.8, 4) is 11.1 Å². The Balaban J connectivity index is 2.63. The van der Waals surface area contributed by atoms with Crippen molar-refractivity contribution in [3.05, 3.63) is 35.5 Å². The molecule has 0 atom stereocenters. The number of nitrogens with zero attached hydrogens (tertiary/aromatic N) is 1. The number of benzene rings is 1. The van der Waals surface area contributed by atoms with E-state index in [1.165, 1.54) is 6.07 Å². The molecule has 17 heavy (non-hydrogen) atoms. The molecule has 1 aromatic carbocycles. The van der Waals surface area contributed by atoms with Crippen molar-refractivity contribution in [2.75, 3.05) is 5.73 Å². The van der Waals surface area contributed by atoms with Crippen LogP contribution in [-0.2, 0) is 0 Å². The van der Waals surface area contributed by atoms with Gasteiger partial charge in [-0.1, -0.05) is 11.2 Å². The van der Waals surface area contributed by atoms with Crippen molar-refractivity contribution in [3.63, 3.8) is 0 Å². The molecule has 0 aliphatic heterocycles. The Hall–Kier alpha value is -2.44. The van der Waals surface area contributed by atoms with E-state index in [1.54, 1.807) is 0 Å². The highest BCUT2D eigenvalue weighted by Crippen LogP contribution is 2.30. The summed E-state index contributed by atoms with van der Waals surface area (Å²) < 4.78 is 30.3. The van der Waals surface area contributed by atoms with Gasteiger partial charge in [-0.2, -0.15) is 0 Å². The van der Waals surface area contributed by atoms with Crippen LogP contribution >= 0.6 is 0 Å². The zero-order valence-electron chi connectivity index (χ0n) is 8.28. The second-order valence-electron chi connectivity index (χ2n) is 3.20. The van der Waals surface area contributed by atoms with Gasteiger partial charge in [-0.3, -0.25) is 0 Å². The molecule has 0 saturated carbocycles. The summed E-state index contributed by atoms with van der Waals surface area (Å²) in [5.74, 6) is -3.79. The second kappa shape index (κ2) is 3.85. The fourth-order valence-corrected chi connectivity index (χ4v) is 1.38. The van der Waals surface area contributed by atoms with Gasteiger partial charge in [-0.25, -0.2) is 13.6 Å². The summed E-state index contributed by atoms with van der Waals surface area (Å²) in [5.41, 5.74) is 4.95. The van der Waals surface area contributed by atoms with Crippen LogP contribution in [0.1, 0.15) is 10.5 Å². The summed E-state index contributed by atoms with van der Waals surface area (Å²) in [6.45, 7) is 0. The van der Waals surface area contributed by atoms with Gasteiger partial charge < -0.3 is 15.4 Å². The van der Waals surface area contributed by atoms with E-state index in [0.717, 1.165) is 12.1 Å². The van der Waals surface area contributed by atoms with E-state index in [2.05, 4.69) is 9.68 Å². The zero-order valence-corrected chi connectivity index (χ0v) is 8.28. The number of hydrogen-bond acceptors (Lipinski definition) is 4. The van der Waals surface area contributed by atoms with Crippen LogP contribution in [0.25, 0.3) is 11.1 Å². The van der Waals surface area contributed by atoms with Gasteiger partial charge in [0, 0.05) is 0 Å². The van der Waals surface area contributed by atoms with Crippen LogP contribution in [0.2, 0.25) is 0 Å². The lowest BCUT2D eigenvalue weighted by molar-refractivity contribution is 0.0686. The largest absolute Gasteiger partial charge is 0.476 e. The number of halogens is 2.